The van der Waals surface area contributed by atoms with Crippen molar-refractivity contribution >= 4 is 28.3 Å². The molecule has 0 aliphatic rings. The zero-order chi connectivity index (χ0) is 15.9. The van der Waals surface area contributed by atoms with E-state index in [1.54, 1.807) is 19.1 Å². The summed E-state index contributed by atoms with van der Waals surface area (Å²) in [5, 5.41) is 10.9. The Morgan fingerprint density at radius 1 is 1.18 bits per heavy atom. The first-order valence-electron chi connectivity index (χ1n) is 6.55. The lowest BCUT2D eigenvalue weighted by molar-refractivity contribution is 0.0697. The Kier molecular flexibility index (Phi) is 3.54. The molecule has 3 rings (SSSR count). The van der Waals surface area contributed by atoms with Crippen LogP contribution in [0.3, 0.4) is 0 Å². The molecule has 0 amide bonds. The molecule has 0 unspecified atom stereocenters. The molecule has 0 fully saturated rings. The fourth-order valence-electron chi connectivity index (χ4n) is 2.45. The molecule has 0 spiro atoms. The van der Waals surface area contributed by atoms with Crippen LogP contribution in [0.15, 0.2) is 42.6 Å². The van der Waals surface area contributed by atoms with Crippen molar-refractivity contribution in [3.63, 3.8) is 0 Å². The van der Waals surface area contributed by atoms with Gasteiger partial charge < -0.3 is 5.11 Å². The number of carboxylic acids is 1. The Labute approximate surface area is 131 Å². The van der Waals surface area contributed by atoms with Crippen molar-refractivity contribution in [3.8, 4) is 11.3 Å². The maximum absolute atomic E-state index is 13.3. The van der Waals surface area contributed by atoms with Crippen LogP contribution < -0.4 is 0 Å². The summed E-state index contributed by atoms with van der Waals surface area (Å²) >= 11 is 6.14. The van der Waals surface area contributed by atoms with Gasteiger partial charge in [-0.05, 0) is 42.8 Å². The van der Waals surface area contributed by atoms with E-state index in [2.05, 4.69) is 4.98 Å². The van der Waals surface area contributed by atoms with Gasteiger partial charge in [-0.2, -0.15) is 0 Å². The van der Waals surface area contributed by atoms with Gasteiger partial charge in [0.1, 0.15) is 5.82 Å². The third kappa shape index (κ3) is 2.42. The highest BCUT2D eigenvalue weighted by Crippen LogP contribution is 2.33. The van der Waals surface area contributed by atoms with Crippen LogP contribution in [-0.4, -0.2) is 16.1 Å². The van der Waals surface area contributed by atoms with Gasteiger partial charge in [-0.1, -0.05) is 17.7 Å². The third-order valence-corrected chi connectivity index (χ3v) is 3.83. The van der Waals surface area contributed by atoms with Gasteiger partial charge in [0.05, 0.1) is 16.3 Å². The number of fused-ring (bicyclic) bond motifs is 1. The lowest BCUT2D eigenvalue weighted by atomic mass is 9.98. The largest absolute Gasteiger partial charge is 0.478 e. The van der Waals surface area contributed by atoms with Gasteiger partial charge in [-0.15, -0.1) is 0 Å². The van der Waals surface area contributed by atoms with E-state index in [0.29, 0.717) is 21.5 Å². The van der Waals surface area contributed by atoms with Crippen molar-refractivity contribution in [2.45, 2.75) is 6.92 Å². The number of benzene rings is 2. The molecule has 3 aromatic rings. The summed E-state index contributed by atoms with van der Waals surface area (Å²) in [7, 11) is 0. The van der Waals surface area contributed by atoms with E-state index in [0.717, 1.165) is 11.1 Å². The van der Waals surface area contributed by atoms with Crippen LogP contribution in [0.2, 0.25) is 5.02 Å². The van der Waals surface area contributed by atoms with Gasteiger partial charge in [-0.3, -0.25) is 4.98 Å². The number of hydrogen-bond acceptors (Lipinski definition) is 2. The van der Waals surface area contributed by atoms with E-state index in [9.17, 15) is 9.18 Å². The van der Waals surface area contributed by atoms with E-state index < -0.39 is 5.97 Å². The Bertz CT molecular complexity index is 909. The van der Waals surface area contributed by atoms with Crippen molar-refractivity contribution < 1.29 is 14.3 Å². The second-order valence-electron chi connectivity index (χ2n) is 4.98. The first kappa shape index (κ1) is 14.5. The monoisotopic (exact) mass is 315 g/mol. The fraction of sp³-hybridized carbons (Fsp3) is 0.0588. The minimum Gasteiger partial charge on any atom is -0.478 e. The second-order valence-corrected chi connectivity index (χ2v) is 5.39. The number of aromatic carboxylic acids is 1. The highest BCUT2D eigenvalue weighted by molar-refractivity contribution is 6.35. The summed E-state index contributed by atoms with van der Waals surface area (Å²) in [6.07, 6.45) is 1.52. The maximum atomic E-state index is 13.3. The molecule has 0 bridgehead atoms. The lowest BCUT2D eigenvalue weighted by Crippen LogP contribution is -1.97. The molecule has 5 heteroatoms. The molecule has 0 aliphatic heterocycles. The van der Waals surface area contributed by atoms with Crippen molar-refractivity contribution in [2.24, 2.45) is 0 Å². The van der Waals surface area contributed by atoms with Crippen LogP contribution in [0.4, 0.5) is 4.39 Å². The van der Waals surface area contributed by atoms with E-state index in [-0.39, 0.29) is 11.4 Å². The number of carbonyl (C=O) groups is 1. The summed E-state index contributed by atoms with van der Waals surface area (Å²) < 4.78 is 13.3. The van der Waals surface area contributed by atoms with E-state index >= 15 is 0 Å². The van der Waals surface area contributed by atoms with Crippen LogP contribution in [-0.2, 0) is 0 Å². The summed E-state index contributed by atoms with van der Waals surface area (Å²) in [5.74, 6) is -1.35. The molecule has 0 saturated heterocycles. The van der Waals surface area contributed by atoms with Crippen LogP contribution in [0, 0.1) is 12.7 Å². The molecular formula is C17H11ClFNO2. The second kappa shape index (κ2) is 5.39. The quantitative estimate of drug-likeness (QED) is 0.745. The van der Waals surface area contributed by atoms with Gasteiger partial charge >= 0.3 is 5.97 Å². The SMILES string of the molecule is Cc1cc(F)ccc1-c1ncc(Cl)c2ccc(C(=O)O)cc12. The topological polar surface area (TPSA) is 50.2 Å². The standard InChI is InChI=1S/C17H11ClFNO2/c1-9-6-11(19)3-5-12(9)16-14-7-10(17(21)22)2-4-13(14)15(18)8-20-16/h2-8H,1H3,(H,21,22). The summed E-state index contributed by atoms with van der Waals surface area (Å²) in [6.45, 7) is 1.78. The number of nitrogens with zero attached hydrogens (tertiary/aromatic N) is 1. The average Bonchev–Trinajstić information content (AvgIpc) is 2.48. The summed E-state index contributed by atoms with van der Waals surface area (Å²) in [6, 6.07) is 9.09. The molecule has 0 aliphatic carbocycles. The molecule has 22 heavy (non-hydrogen) atoms. The average molecular weight is 316 g/mol. The molecule has 0 radical (unpaired) electrons. The number of aryl methyl sites for hydroxylation is 1. The molecule has 110 valence electrons. The smallest absolute Gasteiger partial charge is 0.335 e. The molecule has 1 aromatic heterocycles. The minimum atomic E-state index is -1.02. The van der Waals surface area contributed by atoms with E-state index in [1.807, 2.05) is 0 Å². The first-order chi connectivity index (χ1) is 10.5. The normalized spacial score (nSPS) is 10.9. The van der Waals surface area contributed by atoms with Crippen LogP contribution in [0.25, 0.3) is 22.0 Å². The molecular weight excluding hydrogens is 305 g/mol. The summed E-state index contributed by atoms with van der Waals surface area (Å²) in [4.78, 5) is 15.5. The molecule has 2 aromatic carbocycles. The predicted octanol–water partition coefficient (Wildman–Crippen LogP) is 4.70. The fourth-order valence-corrected chi connectivity index (χ4v) is 2.66. The van der Waals surface area contributed by atoms with Crippen molar-refractivity contribution in [1.29, 1.82) is 0 Å². The number of halogens is 2. The van der Waals surface area contributed by atoms with Crippen LogP contribution in [0.5, 0.6) is 0 Å². The van der Waals surface area contributed by atoms with E-state index in [4.69, 9.17) is 16.7 Å². The molecule has 1 heterocycles. The zero-order valence-corrected chi connectivity index (χ0v) is 12.4. The molecule has 3 nitrogen and oxygen atoms in total. The highest BCUT2D eigenvalue weighted by atomic mass is 35.5. The number of carboxylic acid groups (broad SMARTS) is 1. The first-order valence-corrected chi connectivity index (χ1v) is 6.93. The Morgan fingerprint density at radius 2 is 1.95 bits per heavy atom. The molecule has 0 saturated carbocycles. The number of hydrogen-bond donors (Lipinski definition) is 1. The number of aromatic nitrogens is 1. The van der Waals surface area contributed by atoms with Gasteiger partial charge in [0.25, 0.3) is 0 Å². The van der Waals surface area contributed by atoms with Crippen LogP contribution in [0.1, 0.15) is 15.9 Å². The molecule has 1 N–H and O–H groups in total. The zero-order valence-electron chi connectivity index (χ0n) is 11.6. The number of pyridine rings is 1. The Morgan fingerprint density at radius 3 is 2.64 bits per heavy atom. The lowest BCUT2D eigenvalue weighted by Gasteiger charge is -2.10. The third-order valence-electron chi connectivity index (χ3n) is 3.53. The van der Waals surface area contributed by atoms with Crippen molar-refractivity contribution in [3.05, 3.63) is 64.6 Å². The predicted molar refractivity (Wildman–Crippen MR) is 83.8 cm³/mol. The Hall–Kier alpha value is -2.46. The van der Waals surface area contributed by atoms with Crippen molar-refractivity contribution in [2.75, 3.05) is 0 Å². The van der Waals surface area contributed by atoms with E-state index in [1.165, 1.54) is 30.5 Å². The Balaban J connectivity index is 2.35. The van der Waals surface area contributed by atoms with Crippen molar-refractivity contribution in [1.82, 2.24) is 4.98 Å². The van der Waals surface area contributed by atoms with Crippen LogP contribution >= 0.6 is 11.6 Å². The number of rotatable bonds is 2. The van der Waals surface area contributed by atoms with Gasteiger partial charge in [-0.25, -0.2) is 9.18 Å². The van der Waals surface area contributed by atoms with Gasteiger partial charge in [0.2, 0.25) is 0 Å². The minimum absolute atomic E-state index is 0.151. The summed E-state index contributed by atoms with van der Waals surface area (Å²) in [5.41, 5.74) is 2.19. The van der Waals surface area contributed by atoms with Gasteiger partial charge in [0, 0.05) is 22.5 Å². The maximum Gasteiger partial charge on any atom is 0.335 e. The van der Waals surface area contributed by atoms with Gasteiger partial charge in [0.15, 0.2) is 0 Å². The molecule has 0 atom stereocenters. The highest BCUT2D eigenvalue weighted by Gasteiger charge is 2.13.